The summed E-state index contributed by atoms with van der Waals surface area (Å²) < 4.78 is 11.0. The molecular formula is C15H34N2O2. The van der Waals surface area contributed by atoms with Crippen molar-refractivity contribution in [2.75, 3.05) is 39.9 Å². The van der Waals surface area contributed by atoms with Crippen LogP contribution in [0.15, 0.2) is 0 Å². The SMILES string of the molecule is CCOC(CCNCCCCN(C)C(C)C)OCC. The van der Waals surface area contributed by atoms with Gasteiger partial charge in [0, 0.05) is 25.7 Å². The Balaban J connectivity index is 3.38. The second kappa shape index (κ2) is 12.9. The summed E-state index contributed by atoms with van der Waals surface area (Å²) in [6.07, 6.45) is 3.36. The minimum atomic E-state index is -0.0467. The van der Waals surface area contributed by atoms with Crippen LogP contribution in [0.4, 0.5) is 0 Å². The monoisotopic (exact) mass is 274 g/mol. The average Bonchev–Trinajstić information content (AvgIpc) is 2.37. The standard InChI is InChI=1S/C15H34N2O2/c1-6-18-15(19-7-2)10-12-16-11-8-9-13-17(5)14(3)4/h14-16H,6-13H2,1-5H3. The summed E-state index contributed by atoms with van der Waals surface area (Å²) in [6.45, 7) is 13.1. The van der Waals surface area contributed by atoms with E-state index >= 15 is 0 Å². The van der Waals surface area contributed by atoms with E-state index in [4.69, 9.17) is 9.47 Å². The number of hydrogen-bond donors (Lipinski definition) is 1. The van der Waals surface area contributed by atoms with Gasteiger partial charge in [0.25, 0.3) is 0 Å². The summed E-state index contributed by atoms with van der Waals surface area (Å²) in [5, 5.41) is 3.46. The van der Waals surface area contributed by atoms with Gasteiger partial charge in [-0.25, -0.2) is 0 Å². The number of rotatable bonds is 13. The predicted molar refractivity (Wildman–Crippen MR) is 81.5 cm³/mol. The number of nitrogens with one attached hydrogen (secondary N) is 1. The summed E-state index contributed by atoms with van der Waals surface area (Å²) >= 11 is 0. The van der Waals surface area contributed by atoms with Gasteiger partial charge in [-0.3, -0.25) is 0 Å². The van der Waals surface area contributed by atoms with Crippen LogP contribution in [-0.2, 0) is 9.47 Å². The first-order valence-corrected chi connectivity index (χ1v) is 7.75. The molecule has 4 nitrogen and oxygen atoms in total. The van der Waals surface area contributed by atoms with E-state index in [0.717, 1.165) is 19.5 Å². The maximum atomic E-state index is 5.50. The Bertz CT molecular complexity index is 183. The summed E-state index contributed by atoms with van der Waals surface area (Å²) in [5.74, 6) is 0. The molecule has 0 radical (unpaired) electrons. The van der Waals surface area contributed by atoms with Crippen LogP contribution in [0.1, 0.15) is 47.0 Å². The highest BCUT2D eigenvalue weighted by Gasteiger charge is 2.06. The molecule has 0 unspecified atom stereocenters. The van der Waals surface area contributed by atoms with Crippen LogP contribution in [0.5, 0.6) is 0 Å². The summed E-state index contributed by atoms with van der Waals surface area (Å²) in [5.41, 5.74) is 0. The van der Waals surface area contributed by atoms with Gasteiger partial charge < -0.3 is 19.7 Å². The molecule has 0 rings (SSSR count). The normalized spacial score (nSPS) is 12.0. The maximum absolute atomic E-state index is 5.50. The molecule has 0 aliphatic carbocycles. The van der Waals surface area contributed by atoms with Gasteiger partial charge in [0.1, 0.15) is 0 Å². The van der Waals surface area contributed by atoms with Gasteiger partial charge in [-0.15, -0.1) is 0 Å². The van der Waals surface area contributed by atoms with Crippen molar-refractivity contribution in [3.05, 3.63) is 0 Å². The largest absolute Gasteiger partial charge is 0.353 e. The van der Waals surface area contributed by atoms with Gasteiger partial charge in [0.15, 0.2) is 6.29 Å². The van der Waals surface area contributed by atoms with E-state index in [0.29, 0.717) is 19.3 Å². The zero-order valence-corrected chi connectivity index (χ0v) is 13.6. The predicted octanol–water partition coefficient (Wildman–Crippen LogP) is 2.49. The Labute approximate surface area is 119 Å². The first-order valence-electron chi connectivity index (χ1n) is 7.75. The first kappa shape index (κ1) is 18.8. The molecule has 0 saturated heterocycles. The van der Waals surface area contributed by atoms with E-state index in [9.17, 15) is 0 Å². The van der Waals surface area contributed by atoms with E-state index in [1.165, 1.54) is 19.4 Å². The van der Waals surface area contributed by atoms with Crippen LogP contribution in [0.25, 0.3) is 0 Å². The van der Waals surface area contributed by atoms with Crippen LogP contribution < -0.4 is 5.32 Å². The number of ether oxygens (including phenoxy) is 2. The van der Waals surface area contributed by atoms with Crippen molar-refractivity contribution in [2.24, 2.45) is 0 Å². The Morgan fingerprint density at radius 1 is 1.00 bits per heavy atom. The van der Waals surface area contributed by atoms with Gasteiger partial charge in [-0.2, -0.15) is 0 Å². The minimum absolute atomic E-state index is 0.0467. The van der Waals surface area contributed by atoms with Crippen molar-refractivity contribution in [1.82, 2.24) is 10.2 Å². The van der Waals surface area contributed by atoms with Crippen molar-refractivity contribution in [3.63, 3.8) is 0 Å². The summed E-state index contributed by atoms with van der Waals surface area (Å²) in [6, 6.07) is 0.645. The van der Waals surface area contributed by atoms with Crippen LogP contribution in [0.2, 0.25) is 0 Å². The second-order valence-corrected chi connectivity index (χ2v) is 5.16. The molecule has 0 aromatic rings. The lowest BCUT2D eigenvalue weighted by molar-refractivity contribution is -0.138. The van der Waals surface area contributed by atoms with Crippen molar-refractivity contribution < 1.29 is 9.47 Å². The third-order valence-electron chi connectivity index (χ3n) is 3.26. The molecule has 0 aromatic carbocycles. The molecule has 1 N–H and O–H groups in total. The van der Waals surface area contributed by atoms with E-state index in [-0.39, 0.29) is 6.29 Å². The molecular weight excluding hydrogens is 240 g/mol. The number of unbranched alkanes of at least 4 members (excludes halogenated alkanes) is 1. The molecule has 0 saturated carbocycles. The number of nitrogens with zero attached hydrogens (tertiary/aromatic N) is 1. The van der Waals surface area contributed by atoms with E-state index in [2.05, 4.69) is 31.1 Å². The van der Waals surface area contributed by atoms with Crippen LogP contribution >= 0.6 is 0 Å². The molecule has 0 atom stereocenters. The molecule has 4 heteroatoms. The van der Waals surface area contributed by atoms with Gasteiger partial charge in [0.05, 0.1) is 0 Å². The average molecular weight is 274 g/mol. The third kappa shape index (κ3) is 11.4. The molecule has 0 bridgehead atoms. The zero-order chi connectivity index (χ0) is 14.5. The number of hydrogen-bond acceptors (Lipinski definition) is 4. The molecule has 0 aliphatic heterocycles. The zero-order valence-electron chi connectivity index (χ0n) is 13.6. The highest BCUT2D eigenvalue weighted by atomic mass is 16.7. The first-order chi connectivity index (χ1) is 9.11. The highest BCUT2D eigenvalue weighted by molar-refractivity contribution is 4.58. The lowest BCUT2D eigenvalue weighted by Crippen LogP contribution is -2.28. The van der Waals surface area contributed by atoms with Crippen molar-refractivity contribution >= 4 is 0 Å². The highest BCUT2D eigenvalue weighted by Crippen LogP contribution is 2.00. The molecule has 116 valence electrons. The molecule has 0 aromatic heterocycles. The Kier molecular flexibility index (Phi) is 12.7. The van der Waals surface area contributed by atoms with Gasteiger partial charge in [-0.1, -0.05) is 0 Å². The molecule has 0 spiro atoms. The van der Waals surface area contributed by atoms with Gasteiger partial charge in [0.2, 0.25) is 0 Å². The van der Waals surface area contributed by atoms with Crippen LogP contribution in [0.3, 0.4) is 0 Å². The molecule has 19 heavy (non-hydrogen) atoms. The second-order valence-electron chi connectivity index (χ2n) is 5.16. The van der Waals surface area contributed by atoms with Gasteiger partial charge in [-0.05, 0) is 67.2 Å². The topological polar surface area (TPSA) is 33.7 Å². The lowest BCUT2D eigenvalue weighted by Gasteiger charge is -2.20. The van der Waals surface area contributed by atoms with Gasteiger partial charge >= 0.3 is 0 Å². The van der Waals surface area contributed by atoms with Crippen molar-refractivity contribution in [3.8, 4) is 0 Å². The fourth-order valence-electron chi connectivity index (χ4n) is 1.80. The summed E-state index contributed by atoms with van der Waals surface area (Å²) in [4.78, 5) is 2.39. The van der Waals surface area contributed by atoms with Crippen molar-refractivity contribution in [1.29, 1.82) is 0 Å². The Morgan fingerprint density at radius 2 is 1.63 bits per heavy atom. The van der Waals surface area contributed by atoms with Crippen LogP contribution in [0, 0.1) is 0 Å². The smallest absolute Gasteiger partial charge is 0.158 e. The van der Waals surface area contributed by atoms with Crippen LogP contribution in [-0.4, -0.2) is 57.1 Å². The van der Waals surface area contributed by atoms with E-state index < -0.39 is 0 Å². The Morgan fingerprint density at radius 3 is 2.16 bits per heavy atom. The molecule has 0 heterocycles. The molecule has 0 fully saturated rings. The van der Waals surface area contributed by atoms with E-state index in [1.54, 1.807) is 0 Å². The van der Waals surface area contributed by atoms with Crippen molar-refractivity contribution in [2.45, 2.75) is 59.3 Å². The fraction of sp³-hybridized carbons (Fsp3) is 1.00. The lowest BCUT2D eigenvalue weighted by atomic mass is 10.2. The quantitative estimate of drug-likeness (QED) is 0.413. The maximum Gasteiger partial charge on any atom is 0.158 e. The minimum Gasteiger partial charge on any atom is -0.353 e. The Hall–Kier alpha value is -0.160. The van der Waals surface area contributed by atoms with E-state index in [1.807, 2.05) is 13.8 Å². The summed E-state index contributed by atoms with van der Waals surface area (Å²) in [7, 11) is 2.19. The fourth-order valence-corrected chi connectivity index (χ4v) is 1.80. The third-order valence-corrected chi connectivity index (χ3v) is 3.26. The molecule has 0 amide bonds. The molecule has 0 aliphatic rings.